The minimum atomic E-state index is -0.504. The lowest BCUT2D eigenvalue weighted by molar-refractivity contribution is -0.384. The molecule has 7 nitrogen and oxygen atoms in total. The van der Waals surface area contributed by atoms with E-state index in [1.165, 1.54) is 12.1 Å². The molecule has 0 radical (unpaired) electrons. The second-order valence-electron chi connectivity index (χ2n) is 5.93. The fourth-order valence-corrected chi connectivity index (χ4v) is 2.00. The third-order valence-electron chi connectivity index (χ3n) is 3.12. The molecular weight excluding hydrogens is 298 g/mol. The van der Waals surface area contributed by atoms with E-state index < -0.39 is 4.92 Å². The normalized spacial score (nSPS) is 10.7. The molecular formula is C16H25N3O4. The highest BCUT2D eigenvalue weighted by molar-refractivity contribution is 6.00. The molecule has 0 heterocycles. The third-order valence-corrected chi connectivity index (χ3v) is 3.12. The van der Waals surface area contributed by atoms with Gasteiger partial charge in [0.15, 0.2) is 0 Å². The highest BCUT2D eigenvalue weighted by Crippen LogP contribution is 2.24. The SMILES string of the molecule is CC(C)COCCCNC(=O)c1cc([N+](=O)[O-])ccc1N(C)C. The Kier molecular flexibility index (Phi) is 7.47. The van der Waals surface area contributed by atoms with E-state index in [2.05, 4.69) is 19.2 Å². The van der Waals surface area contributed by atoms with Gasteiger partial charge in [-0.25, -0.2) is 0 Å². The van der Waals surface area contributed by atoms with E-state index >= 15 is 0 Å². The van der Waals surface area contributed by atoms with Crippen LogP contribution < -0.4 is 10.2 Å². The minimum Gasteiger partial charge on any atom is -0.381 e. The van der Waals surface area contributed by atoms with Gasteiger partial charge in [-0.05, 0) is 18.4 Å². The summed E-state index contributed by atoms with van der Waals surface area (Å²) in [6.45, 7) is 5.89. The van der Waals surface area contributed by atoms with Crippen LogP contribution in [0.15, 0.2) is 18.2 Å². The summed E-state index contributed by atoms with van der Waals surface area (Å²) >= 11 is 0. The maximum Gasteiger partial charge on any atom is 0.270 e. The van der Waals surface area contributed by atoms with Crippen molar-refractivity contribution >= 4 is 17.3 Å². The Morgan fingerprint density at radius 2 is 2.09 bits per heavy atom. The van der Waals surface area contributed by atoms with Crippen LogP contribution >= 0.6 is 0 Å². The predicted molar refractivity (Wildman–Crippen MR) is 90.0 cm³/mol. The van der Waals surface area contributed by atoms with Crippen molar-refractivity contribution in [3.05, 3.63) is 33.9 Å². The fourth-order valence-electron chi connectivity index (χ4n) is 2.00. The van der Waals surface area contributed by atoms with Crippen LogP contribution in [0.3, 0.4) is 0 Å². The van der Waals surface area contributed by atoms with Crippen molar-refractivity contribution in [1.29, 1.82) is 0 Å². The minimum absolute atomic E-state index is 0.0963. The molecule has 1 aromatic carbocycles. The van der Waals surface area contributed by atoms with Gasteiger partial charge in [0.2, 0.25) is 0 Å². The van der Waals surface area contributed by atoms with Crippen LogP contribution in [0.25, 0.3) is 0 Å². The summed E-state index contributed by atoms with van der Waals surface area (Å²) in [5, 5.41) is 13.7. The summed E-state index contributed by atoms with van der Waals surface area (Å²) in [4.78, 5) is 24.4. The highest BCUT2D eigenvalue weighted by atomic mass is 16.6. The van der Waals surface area contributed by atoms with Crippen LogP contribution in [0.4, 0.5) is 11.4 Å². The van der Waals surface area contributed by atoms with Crippen LogP contribution in [0, 0.1) is 16.0 Å². The first-order valence-electron chi connectivity index (χ1n) is 7.64. The number of nitro benzene ring substituents is 1. The third kappa shape index (κ3) is 6.23. The van der Waals surface area contributed by atoms with Crippen molar-refractivity contribution in [2.24, 2.45) is 5.92 Å². The highest BCUT2D eigenvalue weighted by Gasteiger charge is 2.17. The van der Waals surface area contributed by atoms with E-state index in [1.807, 2.05) is 0 Å². The van der Waals surface area contributed by atoms with Crippen molar-refractivity contribution in [2.45, 2.75) is 20.3 Å². The molecule has 0 bridgehead atoms. The van der Waals surface area contributed by atoms with Crippen LogP contribution in [0.1, 0.15) is 30.6 Å². The fraction of sp³-hybridized carbons (Fsp3) is 0.562. The number of anilines is 1. The Hall–Kier alpha value is -2.15. The van der Waals surface area contributed by atoms with Crippen molar-refractivity contribution in [1.82, 2.24) is 5.32 Å². The summed E-state index contributed by atoms with van der Waals surface area (Å²) in [7, 11) is 3.58. The summed E-state index contributed by atoms with van der Waals surface area (Å²) in [6.07, 6.45) is 0.699. The molecule has 23 heavy (non-hydrogen) atoms. The molecule has 0 spiro atoms. The van der Waals surface area contributed by atoms with E-state index in [1.54, 1.807) is 25.1 Å². The Labute approximate surface area is 136 Å². The van der Waals surface area contributed by atoms with Gasteiger partial charge in [0.25, 0.3) is 11.6 Å². The summed E-state index contributed by atoms with van der Waals surface area (Å²) in [6, 6.07) is 4.28. The van der Waals surface area contributed by atoms with Crippen LogP contribution in [0.2, 0.25) is 0 Å². The van der Waals surface area contributed by atoms with Gasteiger partial charge in [-0.3, -0.25) is 14.9 Å². The number of ether oxygens (including phenoxy) is 1. The first kappa shape index (κ1) is 18.9. The van der Waals surface area contributed by atoms with Gasteiger partial charge in [0, 0.05) is 51.7 Å². The monoisotopic (exact) mass is 323 g/mol. The van der Waals surface area contributed by atoms with Gasteiger partial charge < -0.3 is 15.0 Å². The summed E-state index contributed by atoms with van der Waals surface area (Å²) in [5.74, 6) is 0.165. The molecule has 1 amide bonds. The van der Waals surface area contributed by atoms with Crippen molar-refractivity contribution in [3.8, 4) is 0 Å². The number of carbonyl (C=O) groups excluding carboxylic acids is 1. The number of hydrogen-bond acceptors (Lipinski definition) is 5. The van der Waals surface area contributed by atoms with E-state index in [0.717, 1.165) is 0 Å². The van der Waals surface area contributed by atoms with Crippen LogP contribution in [0.5, 0.6) is 0 Å². The molecule has 0 aliphatic carbocycles. The smallest absolute Gasteiger partial charge is 0.270 e. The quantitative estimate of drug-likeness (QED) is 0.429. The van der Waals surface area contributed by atoms with Gasteiger partial charge in [-0.15, -0.1) is 0 Å². The zero-order valence-corrected chi connectivity index (χ0v) is 14.2. The lowest BCUT2D eigenvalue weighted by atomic mass is 10.1. The molecule has 0 unspecified atom stereocenters. The average Bonchev–Trinajstić information content (AvgIpc) is 2.49. The number of non-ortho nitro benzene ring substituents is 1. The lowest BCUT2D eigenvalue weighted by Crippen LogP contribution is -2.27. The predicted octanol–water partition coefficient (Wildman–Crippen LogP) is 2.45. The standard InChI is InChI=1S/C16H25N3O4/c1-12(2)11-23-9-5-8-17-16(20)14-10-13(19(21)22)6-7-15(14)18(3)4/h6-7,10,12H,5,8-9,11H2,1-4H3,(H,17,20). The second-order valence-corrected chi connectivity index (χ2v) is 5.93. The maximum absolute atomic E-state index is 12.3. The first-order valence-corrected chi connectivity index (χ1v) is 7.64. The average molecular weight is 323 g/mol. The molecule has 0 aliphatic heterocycles. The molecule has 0 atom stereocenters. The number of carbonyl (C=O) groups is 1. The molecule has 1 aromatic rings. The van der Waals surface area contributed by atoms with Crippen LogP contribution in [-0.2, 0) is 4.74 Å². The number of hydrogen-bond donors (Lipinski definition) is 1. The number of nitrogens with one attached hydrogen (secondary N) is 1. The number of amides is 1. The van der Waals surface area contributed by atoms with Gasteiger partial charge >= 0.3 is 0 Å². The zero-order valence-electron chi connectivity index (χ0n) is 14.2. The summed E-state index contributed by atoms with van der Waals surface area (Å²) in [5.41, 5.74) is 0.845. The van der Waals surface area contributed by atoms with Crippen molar-refractivity contribution < 1.29 is 14.5 Å². The molecule has 7 heteroatoms. The summed E-state index contributed by atoms with van der Waals surface area (Å²) < 4.78 is 5.45. The maximum atomic E-state index is 12.3. The van der Waals surface area contributed by atoms with Gasteiger partial charge in [0.05, 0.1) is 10.5 Å². The lowest BCUT2D eigenvalue weighted by Gasteiger charge is -2.17. The van der Waals surface area contributed by atoms with E-state index in [9.17, 15) is 14.9 Å². The Balaban J connectivity index is 2.63. The number of benzene rings is 1. The van der Waals surface area contributed by atoms with Gasteiger partial charge in [-0.1, -0.05) is 13.8 Å². The Morgan fingerprint density at radius 3 is 2.65 bits per heavy atom. The molecule has 0 saturated heterocycles. The largest absolute Gasteiger partial charge is 0.381 e. The first-order chi connectivity index (χ1) is 10.8. The molecule has 0 aliphatic rings. The van der Waals surface area contributed by atoms with Gasteiger partial charge in [-0.2, -0.15) is 0 Å². The zero-order chi connectivity index (χ0) is 17.4. The molecule has 1 rings (SSSR count). The van der Waals surface area contributed by atoms with Crippen molar-refractivity contribution in [3.63, 3.8) is 0 Å². The number of nitro groups is 1. The van der Waals surface area contributed by atoms with Crippen molar-refractivity contribution in [2.75, 3.05) is 38.8 Å². The topological polar surface area (TPSA) is 84.7 Å². The van der Waals surface area contributed by atoms with Crippen LogP contribution in [-0.4, -0.2) is 44.7 Å². The molecule has 0 aromatic heterocycles. The Bertz CT molecular complexity index is 544. The Morgan fingerprint density at radius 1 is 1.39 bits per heavy atom. The second kappa shape index (κ2) is 9.09. The molecule has 128 valence electrons. The number of nitrogens with zero attached hydrogens (tertiary/aromatic N) is 2. The van der Waals surface area contributed by atoms with Gasteiger partial charge in [0.1, 0.15) is 0 Å². The molecule has 0 fully saturated rings. The van der Waals surface area contributed by atoms with E-state index in [4.69, 9.17) is 4.74 Å². The number of rotatable bonds is 9. The van der Waals surface area contributed by atoms with E-state index in [0.29, 0.717) is 43.3 Å². The molecule has 0 saturated carbocycles. The molecule has 1 N–H and O–H groups in total. The van der Waals surface area contributed by atoms with E-state index in [-0.39, 0.29) is 11.6 Å².